The predicted molar refractivity (Wildman–Crippen MR) is 68.3 cm³/mol. The average molecular weight is 243 g/mol. The lowest BCUT2D eigenvalue weighted by Gasteiger charge is -2.14. The molecule has 2 amide bonds. The first-order valence-corrected chi connectivity index (χ1v) is 6.15. The van der Waals surface area contributed by atoms with Crippen LogP contribution >= 0.6 is 0 Å². The third-order valence-electron chi connectivity index (χ3n) is 2.16. The van der Waals surface area contributed by atoms with Gasteiger partial charge in [-0.1, -0.05) is 13.8 Å². The summed E-state index contributed by atoms with van der Waals surface area (Å²) in [6.07, 6.45) is 0.947. The third kappa shape index (κ3) is 8.68. The predicted octanol–water partition coefficient (Wildman–Crippen LogP) is 0.391. The Bertz CT molecular complexity index is 252. The maximum absolute atomic E-state index is 11.5. The zero-order valence-electron chi connectivity index (χ0n) is 11.2. The van der Waals surface area contributed by atoms with Crippen LogP contribution in [0.2, 0.25) is 0 Å². The van der Waals surface area contributed by atoms with Gasteiger partial charge < -0.3 is 16.4 Å². The van der Waals surface area contributed by atoms with Gasteiger partial charge in [0.2, 0.25) is 11.8 Å². The van der Waals surface area contributed by atoms with E-state index in [-0.39, 0.29) is 24.3 Å². The van der Waals surface area contributed by atoms with Gasteiger partial charge in [0.15, 0.2) is 0 Å². The number of amides is 2. The van der Waals surface area contributed by atoms with Crippen molar-refractivity contribution >= 4 is 11.8 Å². The first-order chi connectivity index (χ1) is 7.82. The van der Waals surface area contributed by atoms with E-state index >= 15 is 0 Å². The molecule has 0 aliphatic heterocycles. The highest BCUT2D eigenvalue weighted by Crippen LogP contribution is 2.02. The first kappa shape index (κ1) is 15.9. The molecule has 0 radical (unpaired) electrons. The summed E-state index contributed by atoms with van der Waals surface area (Å²) in [6, 6.07) is -0.357. The summed E-state index contributed by atoms with van der Waals surface area (Å²) in [6.45, 7) is 8.17. The van der Waals surface area contributed by atoms with Crippen molar-refractivity contribution in [2.24, 2.45) is 11.7 Å². The Balaban J connectivity index is 3.74. The van der Waals surface area contributed by atoms with Crippen LogP contribution in [0.25, 0.3) is 0 Å². The lowest BCUT2D eigenvalue weighted by atomic mass is 10.0. The van der Waals surface area contributed by atoms with Crippen molar-refractivity contribution < 1.29 is 9.59 Å². The molecular weight excluding hydrogens is 218 g/mol. The summed E-state index contributed by atoms with van der Waals surface area (Å²) < 4.78 is 0. The molecule has 0 rings (SSSR count). The van der Waals surface area contributed by atoms with E-state index in [0.29, 0.717) is 18.9 Å². The third-order valence-corrected chi connectivity index (χ3v) is 2.16. The van der Waals surface area contributed by atoms with Gasteiger partial charge in [-0.25, -0.2) is 0 Å². The molecular formula is C12H25N3O2. The molecule has 0 aliphatic carbocycles. The zero-order chi connectivity index (χ0) is 13.4. The molecule has 1 unspecified atom stereocenters. The van der Waals surface area contributed by atoms with Gasteiger partial charge in [-0.15, -0.1) is 0 Å². The molecule has 0 aliphatic rings. The second-order valence-corrected chi connectivity index (χ2v) is 5.00. The minimum absolute atomic E-state index is 0.0577. The Kier molecular flexibility index (Phi) is 7.54. The molecule has 0 bridgehead atoms. The average Bonchev–Trinajstić information content (AvgIpc) is 2.14. The number of hydrogen-bond donors (Lipinski definition) is 3. The smallest absolute Gasteiger partial charge is 0.236 e. The van der Waals surface area contributed by atoms with Gasteiger partial charge in [0.1, 0.15) is 0 Å². The maximum atomic E-state index is 11.5. The van der Waals surface area contributed by atoms with E-state index < -0.39 is 6.04 Å². The molecule has 0 saturated carbocycles. The standard InChI is InChI=1S/C12H25N3O2/c1-8(2)7-10(13)12(17)14-6-5-11(16)15-9(3)4/h8-10H,5-7,13H2,1-4H3,(H,14,17)(H,15,16). The highest BCUT2D eigenvalue weighted by molar-refractivity contribution is 5.82. The van der Waals surface area contributed by atoms with Crippen LogP contribution in [0.3, 0.4) is 0 Å². The molecule has 0 saturated heterocycles. The normalized spacial score (nSPS) is 12.6. The zero-order valence-corrected chi connectivity index (χ0v) is 11.2. The monoisotopic (exact) mass is 243 g/mol. The van der Waals surface area contributed by atoms with Gasteiger partial charge in [0.25, 0.3) is 0 Å². The SMILES string of the molecule is CC(C)CC(N)C(=O)NCCC(=O)NC(C)C. The van der Waals surface area contributed by atoms with Gasteiger partial charge in [0.05, 0.1) is 6.04 Å². The highest BCUT2D eigenvalue weighted by atomic mass is 16.2. The molecule has 0 aromatic carbocycles. The van der Waals surface area contributed by atoms with Crippen molar-refractivity contribution in [3.05, 3.63) is 0 Å². The Hall–Kier alpha value is -1.10. The van der Waals surface area contributed by atoms with E-state index in [9.17, 15) is 9.59 Å². The molecule has 100 valence electrons. The summed E-state index contributed by atoms with van der Waals surface area (Å²) in [7, 11) is 0. The largest absolute Gasteiger partial charge is 0.354 e. The van der Waals surface area contributed by atoms with Crippen molar-refractivity contribution in [1.82, 2.24) is 10.6 Å². The topological polar surface area (TPSA) is 84.2 Å². The lowest BCUT2D eigenvalue weighted by molar-refractivity contribution is -0.123. The van der Waals surface area contributed by atoms with E-state index in [0.717, 1.165) is 0 Å². The van der Waals surface area contributed by atoms with Crippen molar-refractivity contribution in [2.45, 2.75) is 52.6 Å². The minimum Gasteiger partial charge on any atom is -0.354 e. The summed E-state index contributed by atoms with van der Waals surface area (Å²) in [4.78, 5) is 22.8. The van der Waals surface area contributed by atoms with E-state index in [1.54, 1.807) is 0 Å². The molecule has 0 spiro atoms. The van der Waals surface area contributed by atoms with Crippen LogP contribution in [0.5, 0.6) is 0 Å². The number of carbonyl (C=O) groups excluding carboxylic acids is 2. The molecule has 5 nitrogen and oxygen atoms in total. The first-order valence-electron chi connectivity index (χ1n) is 6.15. The quantitative estimate of drug-likeness (QED) is 0.605. The number of nitrogens with one attached hydrogen (secondary N) is 2. The van der Waals surface area contributed by atoms with E-state index in [1.807, 2.05) is 27.7 Å². The second-order valence-electron chi connectivity index (χ2n) is 5.00. The molecule has 4 N–H and O–H groups in total. The summed E-state index contributed by atoms with van der Waals surface area (Å²) in [5.74, 6) is 0.147. The van der Waals surface area contributed by atoms with Crippen molar-refractivity contribution in [3.8, 4) is 0 Å². The van der Waals surface area contributed by atoms with Gasteiger partial charge >= 0.3 is 0 Å². The molecule has 0 aromatic rings. The summed E-state index contributed by atoms with van der Waals surface area (Å²) >= 11 is 0. The fourth-order valence-electron chi connectivity index (χ4n) is 1.44. The Morgan fingerprint density at radius 1 is 1.18 bits per heavy atom. The molecule has 1 atom stereocenters. The van der Waals surface area contributed by atoms with Crippen molar-refractivity contribution in [2.75, 3.05) is 6.54 Å². The Morgan fingerprint density at radius 2 is 1.76 bits per heavy atom. The Morgan fingerprint density at radius 3 is 2.24 bits per heavy atom. The fourth-order valence-corrected chi connectivity index (χ4v) is 1.44. The van der Waals surface area contributed by atoms with Crippen molar-refractivity contribution in [3.63, 3.8) is 0 Å². The van der Waals surface area contributed by atoms with Crippen LogP contribution in [0.4, 0.5) is 0 Å². The molecule has 0 heterocycles. The van der Waals surface area contributed by atoms with Crippen LogP contribution in [0.1, 0.15) is 40.5 Å². The number of rotatable bonds is 7. The molecule has 0 fully saturated rings. The molecule has 0 aromatic heterocycles. The minimum atomic E-state index is -0.483. The van der Waals surface area contributed by atoms with E-state index in [1.165, 1.54) is 0 Å². The van der Waals surface area contributed by atoms with Crippen LogP contribution in [0.15, 0.2) is 0 Å². The fraction of sp³-hybridized carbons (Fsp3) is 0.833. The van der Waals surface area contributed by atoms with Gasteiger partial charge in [-0.05, 0) is 26.2 Å². The van der Waals surface area contributed by atoms with Crippen LogP contribution in [0, 0.1) is 5.92 Å². The van der Waals surface area contributed by atoms with Gasteiger partial charge in [0, 0.05) is 19.0 Å². The summed E-state index contributed by atoms with van der Waals surface area (Å²) in [5.41, 5.74) is 5.70. The highest BCUT2D eigenvalue weighted by Gasteiger charge is 2.14. The van der Waals surface area contributed by atoms with Gasteiger partial charge in [-0.2, -0.15) is 0 Å². The lowest BCUT2D eigenvalue weighted by Crippen LogP contribution is -2.42. The number of carbonyl (C=O) groups is 2. The second kappa shape index (κ2) is 8.06. The van der Waals surface area contributed by atoms with Gasteiger partial charge in [-0.3, -0.25) is 9.59 Å². The maximum Gasteiger partial charge on any atom is 0.236 e. The van der Waals surface area contributed by atoms with Crippen LogP contribution in [-0.2, 0) is 9.59 Å². The number of hydrogen-bond acceptors (Lipinski definition) is 3. The van der Waals surface area contributed by atoms with Crippen molar-refractivity contribution in [1.29, 1.82) is 0 Å². The van der Waals surface area contributed by atoms with Crippen LogP contribution in [-0.4, -0.2) is 30.4 Å². The molecule has 17 heavy (non-hydrogen) atoms. The van der Waals surface area contributed by atoms with Crippen LogP contribution < -0.4 is 16.4 Å². The van der Waals surface area contributed by atoms with E-state index in [4.69, 9.17) is 5.73 Å². The number of nitrogens with two attached hydrogens (primary N) is 1. The summed E-state index contributed by atoms with van der Waals surface area (Å²) in [5, 5.41) is 5.42. The van der Waals surface area contributed by atoms with E-state index in [2.05, 4.69) is 10.6 Å². The Labute approximate surface area is 104 Å². The molecule has 5 heteroatoms.